The summed E-state index contributed by atoms with van der Waals surface area (Å²) in [5, 5.41) is 9.09. The zero-order chi connectivity index (χ0) is 14.8. The van der Waals surface area contributed by atoms with Crippen LogP contribution in [0.5, 0.6) is 11.5 Å². The van der Waals surface area contributed by atoms with Gasteiger partial charge in [-0.2, -0.15) is 0 Å². The molecule has 112 valence electrons. The molecule has 7 nitrogen and oxygen atoms in total. The predicted molar refractivity (Wildman–Crippen MR) is 73.7 cm³/mol. The number of imidazole rings is 1. The van der Waals surface area contributed by atoms with Crippen molar-refractivity contribution in [3.63, 3.8) is 0 Å². The van der Waals surface area contributed by atoms with Crippen molar-refractivity contribution in [3.8, 4) is 11.5 Å². The van der Waals surface area contributed by atoms with E-state index in [1.165, 1.54) is 0 Å². The minimum atomic E-state index is -0.929. The first kappa shape index (κ1) is 13.7. The molecule has 7 heteroatoms. The van der Waals surface area contributed by atoms with Crippen molar-refractivity contribution in [2.75, 3.05) is 19.8 Å². The molecule has 3 rings (SSSR count). The highest BCUT2D eigenvalue weighted by atomic mass is 16.6. The minimum absolute atomic E-state index is 0.168. The highest BCUT2D eigenvalue weighted by molar-refractivity contribution is 5.82. The number of fused-ring (bicyclic) bond motifs is 2. The molecule has 1 aromatic heterocycles. The Morgan fingerprint density at radius 3 is 2.76 bits per heavy atom. The van der Waals surface area contributed by atoms with Crippen molar-refractivity contribution < 1.29 is 24.1 Å². The Morgan fingerprint density at radius 2 is 2.10 bits per heavy atom. The maximum absolute atomic E-state index is 11.1. The van der Waals surface area contributed by atoms with E-state index in [0.29, 0.717) is 48.2 Å². The van der Waals surface area contributed by atoms with Gasteiger partial charge >= 0.3 is 5.97 Å². The van der Waals surface area contributed by atoms with Gasteiger partial charge in [0.05, 0.1) is 11.0 Å². The molecule has 1 aromatic carbocycles. The molecule has 1 N–H and O–H groups in total. The number of aliphatic carboxylic acids is 1. The van der Waals surface area contributed by atoms with Crippen LogP contribution in [0.3, 0.4) is 0 Å². The van der Waals surface area contributed by atoms with Crippen molar-refractivity contribution in [2.24, 2.45) is 0 Å². The lowest BCUT2D eigenvalue weighted by Gasteiger charge is -2.18. The summed E-state index contributed by atoms with van der Waals surface area (Å²) in [4.78, 5) is 15.5. The van der Waals surface area contributed by atoms with E-state index in [0.717, 1.165) is 0 Å². The van der Waals surface area contributed by atoms with Crippen LogP contribution >= 0.6 is 0 Å². The van der Waals surface area contributed by atoms with Gasteiger partial charge in [-0.15, -0.1) is 0 Å². The van der Waals surface area contributed by atoms with E-state index in [9.17, 15) is 4.79 Å². The van der Waals surface area contributed by atoms with Crippen LogP contribution in [0.2, 0.25) is 0 Å². The monoisotopic (exact) mass is 292 g/mol. The molecular formula is C14H16N2O5. The molecule has 0 saturated carbocycles. The summed E-state index contributed by atoms with van der Waals surface area (Å²) in [5.74, 6) is 0.901. The van der Waals surface area contributed by atoms with Crippen molar-refractivity contribution >= 4 is 17.0 Å². The first-order valence-corrected chi connectivity index (χ1v) is 6.77. The molecule has 0 saturated heterocycles. The normalized spacial score (nSPS) is 13.6. The maximum Gasteiger partial charge on any atom is 0.323 e. The van der Waals surface area contributed by atoms with Crippen LogP contribution in [-0.2, 0) is 22.7 Å². The first-order chi connectivity index (χ1) is 10.2. The van der Waals surface area contributed by atoms with Crippen molar-refractivity contribution in [2.45, 2.75) is 20.1 Å². The molecular weight excluding hydrogens is 276 g/mol. The Kier molecular flexibility index (Phi) is 3.66. The summed E-state index contributed by atoms with van der Waals surface area (Å²) in [6.07, 6.45) is 0. The van der Waals surface area contributed by atoms with Crippen molar-refractivity contribution in [1.29, 1.82) is 0 Å². The molecule has 0 unspecified atom stereocenters. The van der Waals surface area contributed by atoms with Gasteiger partial charge < -0.3 is 23.9 Å². The molecule has 0 bridgehead atoms. The number of ether oxygens (including phenoxy) is 3. The molecule has 0 amide bonds. The van der Waals surface area contributed by atoms with Crippen LogP contribution < -0.4 is 9.47 Å². The zero-order valence-electron chi connectivity index (χ0n) is 11.7. The molecule has 2 heterocycles. The second kappa shape index (κ2) is 5.61. The number of carbonyl (C=O) groups is 1. The SMILES string of the molecule is CCOCc1nc2cc3c(cc2n1CC(=O)O)OCCO3. The van der Waals surface area contributed by atoms with E-state index in [4.69, 9.17) is 19.3 Å². The van der Waals surface area contributed by atoms with Crippen molar-refractivity contribution in [3.05, 3.63) is 18.0 Å². The quantitative estimate of drug-likeness (QED) is 0.897. The second-order valence-corrected chi connectivity index (χ2v) is 4.63. The van der Waals surface area contributed by atoms with Crippen LogP contribution in [-0.4, -0.2) is 40.4 Å². The molecule has 0 aliphatic carbocycles. The second-order valence-electron chi connectivity index (χ2n) is 4.63. The molecule has 0 radical (unpaired) electrons. The lowest BCUT2D eigenvalue weighted by molar-refractivity contribution is -0.137. The Balaban J connectivity index is 2.10. The van der Waals surface area contributed by atoms with Gasteiger partial charge in [0.1, 0.15) is 32.2 Å². The molecule has 2 aromatic rings. The number of aromatic nitrogens is 2. The summed E-state index contributed by atoms with van der Waals surface area (Å²) in [6, 6.07) is 3.55. The predicted octanol–water partition coefficient (Wildman–Crippen LogP) is 1.43. The fourth-order valence-corrected chi connectivity index (χ4v) is 2.33. The zero-order valence-corrected chi connectivity index (χ0v) is 11.7. The highest BCUT2D eigenvalue weighted by Gasteiger charge is 2.19. The highest BCUT2D eigenvalue weighted by Crippen LogP contribution is 2.34. The van der Waals surface area contributed by atoms with E-state index in [2.05, 4.69) is 4.98 Å². The fraction of sp³-hybridized carbons (Fsp3) is 0.429. The van der Waals surface area contributed by atoms with Crippen molar-refractivity contribution in [1.82, 2.24) is 9.55 Å². The van der Waals surface area contributed by atoms with Gasteiger partial charge in [0.2, 0.25) is 0 Å². The van der Waals surface area contributed by atoms with Gasteiger partial charge in [-0.1, -0.05) is 0 Å². The Hall–Kier alpha value is -2.28. The summed E-state index contributed by atoms with van der Waals surface area (Å²) < 4.78 is 18.0. The summed E-state index contributed by atoms with van der Waals surface area (Å²) in [7, 11) is 0. The number of nitrogens with zero attached hydrogens (tertiary/aromatic N) is 2. The number of hydrogen-bond donors (Lipinski definition) is 1. The number of carboxylic acid groups (broad SMARTS) is 1. The minimum Gasteiger partial charge on any atom is -0.486 e. The van der Waals surface area contributed by atoms with Gasteiger partial charge in [-0.25, -0.2) is 4.98 Å². The number of benzene rings is 1. The average molecular weight is 292 g/mol. The summed E-state index contributed by atoms with van der Waals surface area (Å²) in [6.45, 7) is 3.50. The fourth-order valence-electron chi connectivity index (χ4n) is 2.33. The van der Waals surface area contributed by atoms with E-state index in [-0.39, 0.29) is 13.2 Å². The third kappa shape index (κ3) is 2.64. The largest absolute Gasteiger partial charge is 0.486 e. The average Bonchev–Trinajstić information content (AvgIpc) is 2.79. The van der Waals surface area contributed by atoms with E-state index in [1.54, 1.807) is 16.7 Å². The number of rotatable bonds is 5. The van der Waals surface area contributed by atoms with Crippen LogP contribution in [0.15, 0.2) is 12.1 Å². The van der Waals surface area contributed by atoms with Crippen LogP contribution in [0, 0.1) is 0 Å². The molecule has 21 heavy (non-hydrogen) atoms. The lowest BCUT2D eigenvalue weighted by atomic mass is 10.2. The van der Waals surface area contributed by atoms with Crippen LogP contribution in [0.25, 0.3) is 11.0 Å². The van der Waals surface area contributed by atoms with Gasteiger partial charge in [0, 0.05) is 18.7 Å². The first-order valence-electron chi connectivity index (χ1n) is 6.77. The third-order valence-electron chi connectivity index (χ3n) is 3.22. The van der Waals surface area contributed by atoms with E-state index < -0.39 is 5.97 Å². The third-order valence-corrected chi connectivity index (χ3v) is 3.22. The van der Waals surface area contributed by atoms with Crippen LogP contribution in [0.4, 0.5) is 0 Å². The summed E-state index contributed by atoms with van der Waals surface area (Å²) >= 11 is 0. The molecule has 0 atom stereocenters. The van der Waals surface area contributed by atoms with Gasteiger partial charge in [-0.3, -0.25) is 4.79 Å². The Bertz CT molecular complexity index is 680. The van der Waals surface area contributed by atoms with Gasteiger partial charge in [0.25, 0.3) is 0 Å². The Labute approximate surface area is 121 Å². The smallest absolute Gasteiger partial charge is 0.323 e. The van der Waals surface area contributed by atoms with E-state index in [1.807, 2.05) is 6.92 Å². The van der Waals surface area contributed by atoms with Gasteiger partial charge in [0.15, 0.2) is 11.5 Å². The topological polar surface area (TPSA) is 82.8 Å². The molecule has 1 aliphatic heterocycles. The molecule has 0 fully saturated rings. The number of carboxylic acids is 1. The lowest BCUT2D eigenvalue weighted by Crippen LogP contribution is -2.15. The van der Waals surface area contributed by atoms with E-state index >= 15 is 0 Å². The standard InChI is InChI=1S/C14H16N2O5/c1-2-19-8-13-15-9-5-11-12(21-4-3-20-11)6-10(9)16(13)7-14(17)18/h5-6H,2-4,7-8H2,1H3,(H,17,18). The molecule has 1 aliphatic rings. The summed E-state index contributed by atoms with van der Waals surface area (Å²) in [5.41, 5.74) is 1.38. The Morgan fingerprint density at radius 1 is 1.38 bits per heavy atom. The van der Waals surface area contributed by atoms with Crippen LogP contribution in [0.1, 0.15) is 12.7 Å². The number of hydrogen-bond acceptors (Lipinski definition) is 5. The molecule has 0 spiro atoms. The maximum atomic E-state index is 11.1. The van der Waals surface area contributed by atoms with Gasteiger partial charge in [-0.05, 0) is 6.92 Å².